The molecular formula is C17H19BrO3. The van der Waals surface area contributed by atoms with Crippen LogP contribution in [0.2, 0.25) is 0 Å². The van der Waals surface area contributed by atoms with E-state index in [1.165, 1.54) is 0 Å². The highest BCUT2D eigenvalue weighted by molar-refractivity contribution is 9.10. The summed E-state index contributed by atoms with van der Waals surface area (Å²) in [7, 11) is 0. The maximum absolute atomic E-state index is 5.68. The van der Waals surface area contributed by atoms with Crippen LogP contribution in [0.1, 0.15) is 13.3 Å². The molecule has 0 atom stereocenters. The molecule has 0 unspecified atom stereocenters. The van der Waals surface area contributed by atoms with Crippen molar-refractivity contribution in [1.82, 2.24) is 0 Å². The molecule has 0 bridgehead atoms. The van der Waals surface area contributed by atoms with Gasteiger partial charge in [-0.05, 0) is 59.3 Å². The standard InChI is InChI=1S/C17H19BrO3/c1-2-19-14-8-10-15(11-9-14)20-12-5-13-21-17-7-4-3-6-16(17)18/h3-4,6-11H,2,5,12-13H2,1H3. The van der Waals surface area contributed by atoms with Crippen molar-refractivity contribution in [3.05, 3.63) is 53.0 Å². The summed E-state index contributed by atoms with van der Waals surface area (Å²) in [4.78, 5) is 0. The Morgan fingerprint density at radius 2 is 1.43 bits per heavy atom. The van der Waals surface area contributed by atoms with Gasteiger partial charge in [-0.2, -0.15) is 0 Å². The van der Waals surface area contributed by atoms with Crippen molar-refractivity contribution in [3.63, 3.8) is 0 Å². The molecule has 0 aliphatic rings. The molecule has 0 radical (unpaired) electrons. The van der Waals surface area contributed by atoms with Crippen LogP contribution >= 0.6 is 15.9 Å². The van der Waals surface area contributed by atoms with Crippen molar-refractivity contribution in [2.75, 3.05) is 19.8 Å². The van der Waals surface area contributed by atoms with Crippen LogP contribution in [0.3, 0.4) is 0 Å². The molecule has 2 aromatic carbocycles. The summed E-state index contributed by atoms with van der Waals surface area (Å²) >= 11 is 3.45. The molecule has 0 N–H and O–H groups in total. The Balaban J connectivity index is 1.66. The van der Waals surface area contributed by atoms with Crippen molar-refractivity contribution in [1.29, 1.82) is 0 Å². The zero-order valence-corrected chi connectivity index (χ0v) is 13.6. The molecule has 0 saturated heterocycles. The lowest BCUT2D eigenvalue weighted by atomic mass is 10.3. The summed E-state index contributed by atoms with van der Waals surface area (Å²) in [6.45, 7) is 3.89. The van der Waals surface area contributed by atoms with Gasteiger partial charge in [-0.1, -0.05) is 12.1 Å². The molecular weight excluding hydrogens is 332 g/mol. The second-order valence-electron chi connectivity index (χ2n) is 4.39. The van der Waals surface area contributed by atoms with Crippen LogP contribution in [0, 0.1) is 0 Å². The van der Waals surface area contributed by atoms with Crippen molar-refractivity contribution < 1.29 is 14.2 Å². The van der Waals surface area contributed by atoms with Crippen LogP contribution in [0.25, 0.3) is 0 Å². The van der Waals surface area contributed by atoms with E-state index in [-0.39, 0.29) is 0 Å². The van der Waals surface area contributed by atoms with Crippen molar-refractivity contribution >= 4 is 15.9 Å². The minimum atomic E-state index is 0.623. The smallest absolute Gasteiger partial charge is 0.133 e. The van der Waals surface area contributed by atoms with E-state index in [0.717, 1.165) is 28.1 Å². The normalized spacial score (nSPS) is 10.2. The lowest BCUT2D eigenvalue weighted by Crippen LogP contribution is -2.05. The van der Waals surface area contributed by atoms with Gasteiger partial charge >= 0.3 is 0 Å². The second-order valence-corrected chi connectivity index (χ2v) is 5.24. The minimum absolute atomic E-state index is 0.623. The topological polar surface area (TPSA) is 27.7 Å². The first-order chi connectivity index (χ1) is 10.3. The molecule has 0 amide bonds. The third-order valence-corrected chi connectivity index (χ3v) is 3.44. The largest absolute Gasteiger partial charge is 0.494 e. The van der Waals surface area contributed by atoms with E-state index in [4.69, 9.17) is 14.2 Å². The van der Waals surface area contributed by atoms with Gasteiger partial charge in [-0.15, -0.1) is 0 Å². The molecule has 0 aromatic heterocycles. The van der Waals surface area contributed by atoms with Crippen LogP contribution < -0.4 is 14.2 Å². The fraction of sp³-hybridized carbons (Fsp3) is 0.294. The Labute approximate surface area is 134 Å². The highest BCUT2D eigenvalue weighted by Gasteiger charge is 1.99. The molecule has 0 saturated carbocycles. The minimum Gasteiger partial charge on any atom is -0.494 e. The second kappa shape index (κ2) is 8.57. The van der Waals surface area contributed by atoms with E-state index in [1.54, 1.807) is 0 Å². The Bertz CT molecular complexity index is 540. The van der Waals surface area contributed by atoms with Crippen LogP contribution in [-0.2, 0) is 0 Å². The summed E-state index contributed by atoms with van der Waals surface area (Å²) in [5.41, 5.74) is 0. The molecule has 0 heterocycles. The average Bonchev–Trinajstić information content (AvgIpc) is 2.51. The van der Waals surface area contributed by atoms with Crippen molar-refractivity contribution in [2.45, 2.75) is 13.3 Å². The molecule has 112 valence electrons. The van der Waals surface area contributed by atoms with E-state index in [0.29, 0.717) is 19.8 Å². The Kier molecular flexibility index (Phi) is 6.41. The Morgan fingerprint density at radius 3 is 2.10 bits per heavy atom. The Morgan fingerprint density at radius 1 is 0.810 bits per heavy atom. The molecule has 0 spiro atoms. The molecule has 21 heavy (non-hydrogen) atoms. The van der Waals surface area contributed by atoms with Gasteiger partial charge < -0.3 is 14.2 Å². The average molecular weight is 351 g/mol. The highest BCUT2D eigenvalue weighted by Crippen LogP contribution is 2.23. The molecule has 2 aromatic rings. The third-order valence-electron chi connectivity index (χ3n) is 2.79. The molecule has 0 aliphatic heterocycles. The van der Waals surface area contributed by atoms with Crippen molar-refractivity contribution in [3.8, 4) is 17.2 Å². The lowest BCUT2D eigenvalue weighted by Gasteiger charge is -2.09. The lowest BCUT2D eigenvalue weighted by molar-refractivity contribution is 0.246. The monoisotopic (exact) mass is 350 g/mol. The summed E-state index contributed by atoms with van der Waals surface area (Å²) in [6, 6.07) is 15.5. The first kappa shape index (κ1) is 15.7. The van der Waals surface area contributed by atoms with E-state index < -0.39 is 0 Å². The number of para-hydroxylation sites is 1. The van der Waals surface area contributed by atoms with E-state index in [9.17, 15) is 0 Å². The number of halogens is 1. The maximum atomic E-state index is 5.68. The Hall–Kier alpha value is -1.68. The zero-order chi connectivity index (χ0) is 14.9. The predicted octanol–water partition coefficient (Wildman–Crippen LogP) is 4.70. The predicted molar refractivity (Wildman–Crippen MR) is 87.4 cm³/mol. The number of hydrogen-bond donors (Lipinski definition) is 0. The molecule has 2 rings (SSSR count). The van der Waals surface area contributed by atoms with Crippen LogP contribution in [0.5, 0.6) is 17.2 Å². The van der Waals surface area contributed by atoms with Gasteiger partial charge in [0, 0.05) is 6.42 Å². The van der Waals surface area contributed by atoms with Crippen LogP contribution in [0.4, 0.5) is 0 Å². The number of hydrogen-bond acceptors (Lipinski definition) is 3. The summed E-state index contributed by atoms with van der Waals surface area (Å²) in [5, 5.41) is 0. The van der Waals surface area contributed by atoms with Crippen molar-refractivity contribution in [2.24, 2.45) is 0 Å². The number of ether oxygens (including phenoxy) is 3. The van der Waals surface area contributed by atoms with E-state index in [1.807, 2.05) is 55.5 Å². The van der Waals surface area contributed by atoms with Crippen LogP contribution in [0.15, 0.2) is 53.0 Å². The van der Waals surface area contributed by atoms with Crippen LogP contribution in [-0.4, -0.2) is 19.8 Å². The van der Waals surface area contributed by atoms with Gasteiger partial charge in [-0.3, -0.25) is 0 Å². The molecule has 3 nitrogen and oxygen atoms in total. The van der Waals surface area contributed by atoms with E-state index >= 15 is 0 Å². The summed E-state index contributed by atoms with van der Waals surface area (Å²) in [6.07, 6.45) is 0.828. The van der Waals surface area contributed by atoms with Gasteiger partial charge in [0.25, 0.3) is 0 Å². The number of rotatable bonds is 8. The highest BCUT2D eigenvalue weighted by atomic mass is 79.9. The molecule has 0 aliphatic carbocycles. The fourth-order valence-corrected chi connectivity index (χ4v) is 2.19. The molecule has 0 fully saturated rings. The van der Waals surface area contributed by atoms with Gasteiger partial charge in [0.1, 0.15) is 17.2 Å². The van der Waals surface area contributed by atoms with Gasteiger partial charge in [-0.25, -0.2) is 0 Å². The van der Waals surface area contributed by atoms with Gasteiger partial charge in [0.2, 0.25) is 0 Å². The summed E-state index contributed by atoms with van der Waals surface area (Å²) in [5.74, 6) is 2.57. The molecule has 4 heteroatoms. The third kappa shape index (κ3) is 5.31. The first-order valence-corrected chi connectivity index (χ1v) is 7.82. The number of benzene rings is 2. The quantitative estimate of drug-likeness (QED) is 0.646. The first-order valence-electron chi connectivity index (χ1n) is 7.02. The van der Waals surface area contributed by atoms with Gasteiger partial charge in [0.15, 0.2) is 0 Å². The fourth-order valence-electron chi connectivity index (χ4n) is 1.79. The van der Waals surface area contributed by atoms with Gasteiger partial charge in [0.05, 0.1) is 24.3 Å². The summed E-state index contributed by atoms with van der Waals surface area (Å²) < 4.78 is 17.7. The zero-order valence-electron chi connectivity index (χ0n) is 12.0. The SMILES string of the molecule is CCOc1ccc(OCCCOc2ccccc2Br)cc1. The maximum Gasteiger partial charge on any atom is 0.133 e. The van der Waals surface area contributed by atoms with E-state index in [2.05, 4.69) is 15.9 Å².